The molecular formula is C22H37N5O3. The maximum absolute atomic E-state index is 11.8. The number of para-hydroxylation sites is 2. The fourth-order valence-electron chi connectivity index (χ4n) is 3.70. The van der Waals surface area contributed by atoms with Crippen LogP contribution < -0.4 is 25.6 Å². The highest BCUT2D eigenvalue weighted by molar-refractivity contribution is 5.80. The zero-order chi connectivity index (χ0) is 21.9. The summed E-state index contributed by atoms with van der Waals surface area (Å²) < 4.78 is 10.5. The first-order chi connectivity index (χ1) is 14.5. The summed E-state index contributed by atoms with van der Waals surface area (Å²) in [5.41, 5.74) is 1.11. The SMILES string of the molecule is CCOC(=O)NC(CNC(=NC)NC1CCN(c2ccccc2OC)C1)CC(C)C. The van der Waals surface area contributed by atoms with Crippen LogP contribution in [0.25, 0.3) is 0 Å². The van der Waals surface area contributed by atoms with Crippen LogP contribution in [0.1, 0.15) is 33.6 Å². The standard InChI is InChI=1S/C22H37N5O3/c1-6-30-22(28)26-18(13-16(2)3)14-24-21(23-4)25-17-11-12-27(15-17)19-9-7-8-10-20(19)29-5/h7-10,16-18H,6,11-15H2,1-5H3,(H,26,28)(H2,23,24,25). The highest BCUT2D eigenvalue weighted by atomic mass is 16.5. The first kappa shape index (κ1) is 23.6. The van der Waals surface area contributed by atoms with Crippen molar-refractivity contribution in [3.8, 4) is 5.75 Å². The third-order valence-corrected chi connectivity index (χ3v) is 5.05. The number of benzene rings is 1. The zero-order valence-electron chi connectivity index (χ0n) is 18.9. The molecule has 0 radical (unpaired) electrons. The summed E-state index contributed by atoms with van der Waals surface area (Å²) in [6.45, 7) is 8.85. The van der Waals surface area contributed by atoms with Crippen molar-refractivity contribution < 1.29 is 14.3 Å². The van der Waals surface area contributed by atoms with Crippen LogP contribution >= 0.6 is 0 Å². The lowest BCUT2D eigenvalue weighted by atomic mass is 10.0. The minimum absolute atomic E-state index is 0.0312. The molecule has 0 spiro atoms. The van der Waals surface area contributed by atoms with Crippen molar-refractivity contribution in [2.45, 2.75) is 45.7 Å². The lowest BCUT2D eigenvalue weighted by molar-refractivity contribution is 0.146. The summed E-state index contributed by atoms with van der Waals surface area (Å²) in [6, 6.07) is 8.34. The topological polar surface area (TPSA) is 87.2 Å². The van der Waals surface area contributed by atoms with E-state index in [0.717, 1.165) is 43.3 Å². The lowest BCUT2D eigenvalue weighted by Gasteiger charge is -2.24. The van der Waals surface area contributed by atoms with Gasteiger partial charge in [-0.1, -0.05) is 26.0 Å². The van der Waals surface area contributed by atoms with Crippen LogP contribution in [0.2, 0.25) is 0 Å². The van der Waals surface area contributed by atoms with Gasteiger partial charge in [0.1, 0.15) is 5.75 Å². The van der Waals surface area contributed by atoms with E-state index in [4.69, 9.17) is 9.47 Å². The van der Waals surface area contributed by atoms with Gasteiger partial charge in [0, 0.05) is 38.8 Å². The number of carbonyl (C=O) groups is 1. The van der Waals surface area contributed by atoms with Crippen molar-refractivity contribution in [3.63, 3.8) is 0 Å². The molecule has 1 heterocycles. The number of alkyl carbamates (subject to hydrolysis) is 1. The quantitative estimate of drug-likeness (QED) is 0.421. The van der Waals surface area contributed by atoms with Crippen molar-refractivity contribution in [2.24, 2.45) is 10.9 Å². The second kappa shape index (κ2) is 12.1. The van der Waals surface area contributed by atoms with E-state index in [-0.39, 0.29) is 18.2 Å². The minimum atomic E-state index is -0.379. The number of carbonyl (C=O) groups excluding carboxylic acids is 1. The summed E-state index contributed by atoms with van der Waals surface area (Å²) in [4.78, 5) is 18.5. The van der Waals surface area contributed by atoms with Gasteiger partial charge in [0.2, 0.25) is 0 Å². The molecule has 1 aliphatic rings. The van der Waals surface area contributed by atoms with E-state index < -0.39 is 0 Å². The minimum Gasteiger partial charge on any atom is -0.495 e. The zero-order valence-corrected chi connectivity index (χ0v) is 18.9. The highest BCUT2D eigenvalue weighted by Crippen LogP contribution is 2.30. The third-order valence-electron chi connectivity index (χ3n) is 5.05. The highest BCUT2D eigenvalue weighted by Gasteiger charge is 2.25. The number of rotatable bonds is 9. The Bertz CT molecular complexity index is 695. The van der Waals surface area contributed by atoms with Crippen LogP contribution in [0, 0.1) is 5.92 Å². The molecule has 0 bridgehead atoms. The molecular weight excluding hydrogens is 382 g/mol. The van der Waals surface area contributed by atoms with Crippen LogP contribution in [-0.4, -0.2) is 64.5 Å². The molecule has 1 fully saturated rings. The van der Waals surface area contributed by atoms with E-state index in [1.54, 1.807) is 21.1 Å². The van der Waals surface area contributed by atoms with Crippen LogP contribution in [0.15, 0.2) is 29.3 Å². The number of aliphatic imine (C=N–C) groups is 1. The van der Waals surface area contributed by atoms with Gasteiger partial charge in [-0.15, -0.1) is 0 Å². The molecule has 3 N–H and O–H groups in total. The Morgan fingerprint density at radius 2 is 2.10 bits per heavy atom. The van der Waals surface area contributed by atoms with Gasteiger partial charge < -0.3 is 30.3 Å². The monoisotopic (exact) mass is 419 g/mol. The van der Waals surface area contributed by atoms with Crippen molar-refractivity contribution in [3.05, 3.63) is 24.3 Å². The molecule has 1 saturated heterocycles. The molecule has 0 aromatic heterocycles. The van der Waals surface area contributed by atoms with Crippen LogP contribution in [0.5, 0.6) is 5.75 Å². The van der Waals surface area contributed by atoms with Crippen LogP contribution in [-0.2, 0) is 4.74 Å². The van der Waals surface area contributed by atoms with Crippen LogP contribution in [0.3, 0.4) is 0 Å². The Labute approximate surface area is 180 Å². The molecule has 168 valence electrons. The fraction of sp³-hybridized carbons (Fsp3) is 0.636. The first-order valence-corrected chi connectivity index (χ1v) is 10.7. The predicted molar refractivity (Wildman–Crippen MR) is 122 cm³/mol. The average Bonchev–Trinajstić information content (AvgIpc) is 3.19. The summed E-state index contributed by atoms with van der Waals surface area (Å²) in [5, 5.41) is 9.79. The van der Waals surface area contributed by atoms with Crippen molar-refractivity contribution >= 4 is 17.7 Å². The lowest BCUT2D eigenvalue weighted by Crippen LogP contribution is -2.50. The smallest absolute Gasteiger partial charge is 0.407 e. The van der Waals surface area contributed by atoms with Crippen molar-refractivity contribution in [2.75, 3.05) is 45.3 Å². The van der Waals surface area contributed by atoms with Crippen LogP contribution in [0.4, 0.5) is 10.5 Å². The maximum atomic E-state index is 11.8. The second-order valence-electron chi connectivity index (χ2n) is 7.89. The second-order valence-corrected chi connectivity index (χ2v) is 7.89. The number of hydrogen-bond acceptors (Lipinski definition) is 5. The number of anilines is 1. The van der Waals surface area contributed by atoms with Gasteiger partial charge in [-0.3, -0.25) is 4.99 Å². The van der Waals surface area contributed by atoms with Gasteiger partial charge in [-0.2, -0.15) is 0 Å². The summed E-state index contributed by atoms with van der Waals surface area (Å²) in [7, 11) is 3.47. The van der Waals surface area contributed by atoms with Gasteiger partial charge in [-0.05, 0) is 37.8 Å². The molecule has 8 nitrogen and oxygen atoms in total. The third kappa shape index (κ3) is 7.31. The first-order valence-electron chi connectivity index (χ1n) is 10.7. The molecule has 2 atom stereocenters. The molecule has 1 aromatic rings. The summed E-state index contributed by atoms with van der Waals surface area (Å²) >= 11 is 0. The Hall–Kier alpha value is -2.64. The summed E-state index contributed by atoms with van der Waals surface area (Å²) in [5.74, 6) is 2.08. The molecule has 30 heavy (non-hydrogen) atoms. The number of nitrogens with zero attached hydrogens (tertiary/aromatic N) is 2. The molecule has 0 saturated carbocycles. The van der Waals surface area contributed by atoms with E-state index in [2.05, 4.69) is 45.8 Å². The fourth-order valence-corrected chi connectivity index (χ4v) is 3.70. The summed E-state index contributed by atoms with van der Waals surface area (Å²) in [6.07, 6.45) is 1.49. The van der Waals surface area contributed by atoms with Gasteiger partial charge in [0.15, 0.2) is 5.96 Å². The molecule has 2 rings (SSSR count). The van der Waals surface area contributed by atoms with E-state index in [9.17, 15) is 4.79 Å². The Kier molecular flexibility index (Phi) is 9.57. The Morgan fingerprint density at radius 1 is 1.33 bits per heavy atom. The predicted octanol–water partition coefficient (Wildman–Crippen LogP) is 2.60. The number of amides is 1. The Balaban J connectivity index is 1.88. The van der Waals surface area contributed by atoms with Gasteiger partial charge in [0.05, 0.1) is 19.4 Å². The number of methoxy groups -OCH3 is 1. The molecule has 1 aromatic carbocycles. The van der Waals surface area contributed by atoms with E-state index in [1.807, 2.05) is 18.2 Å². The number of nitrogens with one attached hydrogen (secondary N) is 3. The van der Waals surface area contributed by atoms with Crippen molar-refractivity contribution in [1.82, 2.24) is 16.0 Å². The largest absolute Gasteiger partial charge is 0.495 e. The molecule has 1 aliphatic heterocycles. The maximum Gasteiger partial charge on any atom is 0.407 e. The number of ether oxygens (including phenoxy) is 2. The van der Waals surface area contributed by atoms with E-state index in [1.165, 1.54) is 0 Å². The number of hydrogen-bond donors (Lipinski definition) is 3. The molecule has 2 unspecified atom stereocenters. The molecule has 1 amide bonds. The van der Waals surface area contributed by atoms with Gasteiger partial charge >= 0.3 is 6.09 Å². The number of guanidine groups is 1. The molecule has 8 heteroatoms. The van der Waals surface area contributed by atoms with Gasteiger partial charge in [-0.25, -0.2) is 4.79 Å². The normalized spacial score (nSPS) is 17.6. The Morgan fingerprint density at radius 3 is 2.77 bits per heavy atom. The molecule has 0 aliphatic carbocycles. The average molecular weight is 420 g/mol. The van der Waals surface area contributed by atoms with E-state index in [0.29, 0.717) is 19.1 Å². The van der Waals surface area contributed by atoms with Crippen molar-refractivity contribution in [1.29, 1.82) is 0 Å². The van der Waals surface area contributed by atoms with Gasteiger partial charge in [0.25, 0.3) is 0 Å². The van der Waals surface area contributed by atoms with E-state index >= 15 is 0 Å².